The zero-order valence-electron chi connectivity index (χ0n) is 13.3. The lowest BCUT2D eigenvalue weighted by Gasteiger charge is -2.49. The molecular weight excluding hydrogens is 228 g/mol. The van der Waals surface area contributed by atoms with E-state index in [4.69, 9.17) is 0 Å². The Hall–Kier alpha value is 0. The fourth-order valence-corrected chi connectivity index (χ4v) is 5.73. The number of fused-ring (bicyclic) bond motifs is 1. The van der Waals surface area contributed by atoms with Gasteiger partial charge < -0.3 is 0 Å². The highest BCUT2D eigenvalue weighted by atomic mass is 14.5. The minimum absolute atomic E-state index is 0.628. The van der Waals surface area contributed by atoms with Crippen molar-refractivity contribution in [3.05, 3.63) is 0 Å². The zero-order valence-corrected chi connectivity index (χ0v) is 13.3. The Morgan fingerprint density at radius 2 is 1.21 bits per heavy atom. The second-order valence-electron chi connectivity index (χ2n) is 8.47. The van der Waals surface area contributed by atoms with Crippen LogP contribution in [-0.2, 0) is 0 Å². The fourth-order valence-electron chi connectivity index (χ4n) is 5.73. The minimum atomic E-state index is 0.628. The van der Waals surface area contributed by atoms with E-state index in [1.165, 1.54) is 44.9 Å². The first kappa shape index (κ1) is 14.0. The Bertz CT molecular complexity index is 284. The molecule has 110 valence electrons. The molecule has 3 fully saturated rings. The molecule has 0 heteroatoms. The summed E-state index contributed by atoms with van der Waals surface area (Å²) in [7, 11) is 0. The highest BCUT2D eigenvalue weighted by molar-refractivity contribution is 4.92. The normalized spacial score (nSPS) is 37.9. The molecule has 0 saturated heterocycles. The third-order valence-electron chi connectivity index (χ3n) is 7.25. The van der Waals surface area contributed by atoms with Crippen LogP contribution in [-0.4, -0.2) is 0 Å². The van der Waals surface area contributed by atoms with Crippen molar-refractivity contribution in [1.82, 2.24) is 0 Å². The fraction of sp³-hybridized carbons (Fsp3) is 1.00. The van der Waals surface area contributed by atoms with E-state index in [9.17, 15) is 0 Å². The number of hydrogen-bond donors (Lipinski definition) is 0. The van der Waals surface area contributed by atoms with Gasteiger partial charge in [-0.1, -0.05) is 58.8 Å². The maximum Gasteiger partial charge on any atom is -0.0297 e. The van der Waals surface area contributed by atoms with Gasteiger partial charge in [-0.25, -0.2) is 0 Å². The van der Waals surface area contributed by atoms with Crippen LogP contribution in [0.15, 0.2) is 0 Å². The van der Waals surface area contributed by atoms with Gasteiger partial charge in [0.15, 0.2) is 0 Å². The van der Waals surface area contributed by atoms with Crippen molar-refractivity contribution in [3.8, 4) is 0 Å². The Balaban J connectivity index is 1.64. The van der Waals surface area contributed by atoms with E-state index in [1.54, 1.807) is 32.1 Å². The van der Waals surface area contributed by atoms with Crippen molar-refractivity contribution >= 4 is 0 Å². The predicted octanol–water partition coefficient (Wildman–Crippen LogP) is 6.20. The first-order valence-electron chi connectivity index (χ1n) is 9.18. The van der Waals surface area contributed by atoms with Gasteiger partial charge in [0.1, 0.15) is 0 Å². The van der Waals surface area contributed by atoms with E-state index in [2.05, 4.69) is 13.8 Å². The lowest BCUT2D eigenvalue weighted by Crippen LogP contribution is -2.39. The maximum absolute atomic E-state index is 2.62. The van der Waals surface area contributed by atoms with Gasteiger partial charge in [0, 0.05) is 0 Å². The quantitative estimate of drug-likeness (QED) is 0.556. The van der Waals surface area contributed by atoms with Crippen LogP contribution in [0, 0.1) is 29.1 Å². The summed E-state index contributed by atoms with van der Waals surface area (Å²) < 4.78 is 0. The summed E-state index contributed by atoms with van der Waals surface area (Å²) in [6.07, 6.45) is 18.4. The third-order valence-corrected chi connectivity index (χ3v) is 7.25. The molecule has 19 heavy (non-hydrogen) atoms. The van der Waals surface area contributed by atoms with Crippen molar-refractivity contribution in [3.63, 3.8) is 0 Å². The molecule has 3 rings (SSSR count). The van der Waals surface area contributed by atoms with Crippen LogP contribution < -0.4 is 0 Å². The Kier molecular flexibility index (Phi) is 4.25. The first-order chi connectivity index (χ1) is 9.18. The van der Waals surface area contributed by atoms with Crippen LogP contribution in [0.4, 0.5) is 0 Å². The average Bonchev–Trinajstić information content (AvgIpc) is 2.47. The van der Waals surface area contributed by atoms with Gasteiger partial charge in [0.2, 0.25) is 0 Å². The monoisotopic (exact) mass is 262 g/mol. The lowest BCUT2D eigenvalue weighted by molar-refractivity contribution is 0.0135. The summed E-state index contributed by atoms with van der Waals surface area (Å²) in [5.74, 6) is 4.30. The molecule has 0 aliphatic heterocycles. The van der Waals surface area contributed by atoms with Gasteiger partial charge in [-0.15, -0.1) is 0 Å². The Morgan fingerprint density at radius 3 is 1.95 bits per heavy atom. The Morgan fingerprint density at radius 1 is 0.579 bits per heavy atom. The van der Waals surface area contributed by atoms with E-state index in [1.807, 2.05) is 0 Å². The summed E-state index contributed by atoms with van der Waals surface area (Å²) in [4.78, 5) is 0. The van der Waals surface area contributed by atoms with Gasteiger partial charge in [0.05, 0.1) is 0 Å². The molecule has 0 amide bonds. The van der Waals surface area contributed by atoms with Crippen LogP contribution in [0.25, 0.3) is 0 Å². The second-order valence-corrected chi connectivity index (χ2v) is 8.47. The molecule has 3 atom stereocenters. The second kappa shape index (κ2) is 5.78. The molecule has 3 saturated carbocycles. The van der Waals surface area contributed by atoms with Crippen molar-refractivity contribution in [2.45, 2.75) is 90.9 Å². The molecular formula is C19H34. The summed E-state index contributed by atoms with van der Waals surface area (Å²) in [6, 6.07) is 0. The molecule has 3 aliphatic carbocycles. The molecule has 1 unspecified atom stereocenters. The van der Waals surface area contributed by atoms with Crippen LogP contribution in [0.3, 0.4) is 0 Å². The minimum Gasteiger partial charge on any atom is -0.0594 e. The van der Waals surface area contributed by atoms with Crippen molar-refractivity contribution < 1.29 is 0 Å². The van der Waals surface area contributed by atoms with Gasteiger partial charge >= 0.3 is 0 Å². The van der Waals surface area contributed by atoms with Crippen molar-refractivity contribution in [2.75, 3.05) is 0 Å². The lowest BCUT2D eigenvalue weighted by atomic mass is 9.56. The van der Waals surface area contributed by atoms with Crippen LogP contribution in [0.1, 0.15) is 90.9 Å². The highest BCUT2D eigenvalue weighted by Gasteiger charge is 2.42. The van der Waals surface area contributed by atoms with Crippen molar-refractivity contribution in [2.24, 2.45) is 29.1 Å². The molecule has 0 aromatic rings. The largest absolute Gasteiger partial charge is 0.0594 e. The Labute approximate surface area is 120 Å². The molecule has 0 aromatic carbocycles. The average molecular weight is 262 g/mol. The highest BCUT2D eigenvalue weighted by Crippen LogP contribution is 2.52. The van der Waals surface area contributed by atoms with E-state index < -0.39 is 0 Å². The first-order valence-corrected chi connectivity index (χ1v) is 9.18. The predicted molar refractivity (Wildman–Crippen MR) is 83.1 cm³/mol. The third kappa shape index (κ3) is 2.88. The van der Waals surface area contributed by atoms with E-state index >= 15 is 0 Å². The van der Waals surface area contributed by atoms with Gasteiger partial charge in [-0.3, -0.25) is 0 Å². The summed E-state index contributed by atoms with van der Waals surface area (Å²) in [5.41, 5.74) is 0.628. The smallest absolute Gasteiger partial charge is 0.0297 e. The van der Waals surface area contributed by atoms with Gasteiger partial charge in [0.25, 0.3) is 0 Å². The molecule has 0 nitrogen and oxygen atoms in total. The molecule has 0 N–H and O–H groups in total. The summed E-state index contributed by atoms with van der Waals surface area (Å²) in [5, 5.41) is 0. The standard InChI is InChI=1S/C19H34/c1-19(2,17-10-4-3-5-11-17)18-13-12-15-8-6-7-9-16(15)14-18/h15-18H,3-14H2,1-2H3/t15-,16+,18?/m1/s1. The van der Waals surface area contributed by atoms with Crippen LogP contribution in [0.2, 0.25) is 0 Å². The molecule has 0 heterocycles. The molecule has 0 bridgehead atoms. The number of rotatable bonds is 2. The van der Waals surface area contributed by atoms with E-state index in [0.717, 1.165) is 23.7 Å². The topological polar surface area (TPSA) is 0 Å². The van der Waals surface area contributed by atoms with Crippen LogP contribution >= 0.6 is 0 Å². The van der Waals surface area contributed by atoms with Crippen LogP contribution in [0.5, 0.6) is 0 Å². The molecule has 0 aromatic heterocycles. The van der Waals surface area contributed by atoms with Crippen molar-refractivity contribution in [1.29, 1.82) is 0 Å². The molecule has 0 radical (unpaired) electrons. The summed E-state index contributed by atoms with van der Waals surface area (Å²) >= 11 is 0. The summed E-state index contributed by atoms with van der Waals surface area (Å²) in [6.45, 7) is 5.24. The van der Waals surface area contributed by atoms with E-state index in [0.29, 0.717) is 5.41 Å². The zero-order chi connectivity index (χ0) is 13.3. The molecule has 0 spiro atoms. The maximum atomic E-state index is 2.62. The SMILES string of the molecule is CC(C)(C1CCCCC1)C1CC[C@H]2CCCC[C@H]2C1. The number of hydrogen-bond acceptors (Lipinski definition) is 0. The van der Waals surface area contributed by atoms with E-state index in [-0.39, 0.29) is 0 Å². The molecule has 3 aliphatic rings. The van der Waals surface area contributed by atoms with Gasteiger partial charge in [-0.05, 0) is 61.2 Å². The van der Waals surface area contributed by atoms with Gasteiger partial charge in [-0.2, -0.15) is 0 Å².